The molecule has 1 aliphatic carbocycles. The van der Waals surface area contributed by atoms with Crippen LogP contribution in [-0.2, 0) is 0 Å². The van der Waals surface area contributed by atoms with E-state index >= 15 is 0 Å². The molecule has 0 bridgehead atoms. The Balaban J connectivity index is 1.71. The first-order chi connectivity index (χ1) is 10.1. The summed E-state index contributed by atoms with van der Waals surface area (Å²) in [7, 11) is 0. The van der Waals surface area contributed by atoms with Crippen LogP contribution in [0.2, 0.25) is 0 Å². The van der Waals surface area contributed by atoms with Gasteiger partial charge < -0.3 is 10.4 Å². The number of carbonyl (C=O) groups is 1. The molecule has 1 saturated carbocycles. The smallest absolute Gasteiger partial charge is 0.356 e. The van der Waals surface area contributed by atoms with Crippen LogP contribution in [0.25, 0.3) is 0 Å². The van der Waals surface area contributed by atoms with E-state index in [4.69, 9.17) is 5.11 Å². The molecule has 1 atom stereocenters. The molecular weight excluding hydrogens is 266 g/mol. The molecule has 0 spiro atoms. The molecule has 2 aromatic rings. The van der Waals surface area contributed by atoms with E-state index in [-0.39, 0.29) is 11.7 Å². The van der Waals surface area contributed by atoms with Gasteiger partial charge in [0.15, 0.2) is 5.69 Å². The first-order valence-corrected chi connectivity index (χ1v) is 7.05. The second-order valence-electron chi connectivity index (χ2n) is 5.40. The van der Waals surface area contributed by atoms with E-state index in [2.05, 4.69) is 46.5 Å². The molecule has 2 N–H and O–H groups in total. The van der Waals surface area contributed by atoms with Gasteiger partial charge in [-0.3, -0.25) is 0 Å². The van der Waals surface area contributed by atoms with Gasteiger partial charge in [-0.15, -0.1) is 0 Å². The van der Waals surface area contributed by atoms with Crippen molar-refractivity contribution in [2.24, 2.45) is 0 Å². The lowest BCUT2D eigenvalue weighted by Crippen LogP contribution is -2.10. The average molecular weight is 283 g/mol. The predicted octanol–water partition coefficient (Wildman–Crippen LogP) is 3.23. The topological polar surface area (TPSA) is 75.1 Å². The van der Waals surface area contributed by atoms with Gasteiger partial charge >= 0.3 is 5.97 Å². The number of anilines is 1. The van der Waals surface area contributed by atoms with E-state index in [9.17, 15) is 4.79 Å². The fraction of sp³-hybridized carbons (Fsp3) is 0.312. The minimum Gasteiger partial charge on any atom is -0.476 e. The maximum Gasteiger partial charge on any atom is 0.356 e. The summed E-state index contributed by atoms with van der Waals surface area (Å²) in [4.78, 5) is 18.7. The molecule has 108 valence electrons. The Morgan fingerprint density at radius 3 is 2.76 bits per heavy atom. The molecular formula is C16H17N3O2. The van der Waals surface area contributed by atoms with Crippen molar-refractivity contribution in [1.29, 1.82) is 0 Å². The molecule has 5 heteroatoms. The first-order valence-electron chi connectivity index (χ1n) is 7.05. The Hall–Kier alpha value is -2.43. The molecule has 5 nitrogen and oxygen atoms in total. The molecule has 1 aromatic carbocycles. The first kappa shape index (κ1) is 13.5. The Labute approximate surface area is 123 Å². The van der Waals surface area contributed by atoms with Gasteiger partial charge in [-0.05, 0) is 36.8 Å². The maximum absolute atomic E-state index is 10.7. The molecule has 1 heterocycles. The van der Waals surface area contributed by atoms with Crippen molar-refractivity contribution in [3.8, 4) is 0 Å². The summed E-state index contributed by atoms with van der Waals surface area (Å²) in [5, 5.41) is 12.0. The van der Waals surface area contributed by atoms with Crippen molar-refractivity contribution in [1.82, 2.24) is 9.97 Å². The van der Waals surface area contributed by atoms with Crippen molar-refractivity contribution >= 4 is 11.8 Å². The van der Waals surface area contributed by atoms with Crippen LogP contribution in [0.4, 0.5) is 5.82 Å². The number of rotatable bonds is 5. The van der Waals surface area contributed by atoms with Crippen molar-refractivity contribution < 1.29 is 9.90 Å². The zero-order valence-corrected chi connectivity index (χ0v) is 11.8. The Bertz CT molecular complexity index is 651. The van der Waals surface area contributed by atoms with E-state index in [0.29, 0.717) is 5.82 Å². The molecule has 21 heavy (non-hydrogen) atoms. The SMILES string of the molecule is CC(Nc1cnc(C(=O)O)cn1)c1cccc(C2CC2)c1. The number of nitrogens with one attached hydrogen (secondary N) is 1. The number of benzene rings is 1. The van der Waals surface area contributed by atoms with Crippen molar-refractivity contribution in [2.75, 3.05) is 5.32 Å². The van der Waals surface area contributed by atoms with Gasteiger partial charge in [0.25, 0.3) is 0 Å². The van der Waals surface area contributed by atoms with Crippen molar-refractivity contribution in [2.45, 2.75) is 31.7 Å². The molecule has 1 aromatic heterocycles. The van der Waals surface area contributed by atoms with Crippen LogP contribution < -0.4 is 5.32 Å². The fourth-order valence-corrected chi connectivity index (χ4v) is 2.32. The third-order valence-electron chi connectivity index (χ3n) is 3.69. The fourth-order valence-electron chi connectivity index (χ4n) is 2.32. The van der Waals surface area contributed by atoms with Gasteiger partial charge in [0, 0.05) is 0 Å². The lowest BCUT2D eigenvalue weighted by atomic mass is 10.0. The normalized spacial score (nSPS) is 15.5. The van der Waals surface area contributed by atoms with Crippen LogP contribution in [0, 0.1) is 0 Å². The predicted molar refractivity (Wildman–Crippen MR) is 79.4 cm³/mol. The highest BCUT2D eigenvalue weighted by molar-refractivity contribution is 5.84. The minimum atomic E-state index is -1.07. The van der Waals surface area contributed by atoms with Gasteiger partial charge in [-0.2, -0.15) is 0 Å². The average Bonchev–Trinajstić information content (AvgIpc) is 3.32. The highest BCUT2D eigenvalue weighted by Gasteiger charge is 2.23. The van der Waals surface area contributed by atoms with E-state index in [1.807, 2.05) is 0 Å². The summed E-state index contributed by atoms with van der Waals surface area (Å²) in [5.74, 6) is 0.232. The van der Waals surface area contributed by atoms with E-state index in [1.165, 1.54) is 36.4 Å². The van der Waals surface area contributed by atoms with E-state index in [0.717, 1.165) is 5.92 Å². The van der Waals surface area contributed by atoms with Crippen LogP contribution in [0.3, 0.4) is 0 Å². The summed E-state index contributed by atoms with van der Waals surface area (Å²) >= 11 is 0. The highest BCUT2D eigenvalue weighted by atomic mass is 16.4. The number of aromatic nitrogens is 2. The Morgan fingerprint density at radius 1 is 1.33 bits per heavy atom. The van der Waals surface area contributed by atoms with Crippen LogP contribution in [0.5, 0.6) is 0 Å². The van der Waals surface area contributed by atoms with E-state index in [1.54, 1.807) is 0 Å². The molecule has 3 rings (SSSR count). The monoisotopic (exact) mass is 283 g/mol. The van der Waals surface area contributed by atoms with Crippen LogP contribution in [0.1, 0.15) is 53.3 Å². The van der Waals surface area contributed by atoms with Crippen LogP contribution in [-0.4, -0.2) is 21.0 Å². The van der Waals surface area contributed by atoms with Gasteiger partial charge in [0.1, 0.15) is 5.82 Å². The zero-order chi connectivity index (χ0) is 14.8. The Kier molecular flexibility index (Phi) is 3.56. The summed E-state index contributed by atoms with van der Waals surface area (Å²) < 4.78 is 0. The molecule has 0 aliphatic heterocycles. The molecule has 0 saturated heterocycles. The third-order valence-corrected chi connectivity index (χ3v) is 3.69. The highest BCUT2D eigenvalue weighted by Crippen LogP contribution is 2.40. The number of nitrogens with zero attached hydrogens (tertiary/aromatic N) is 2. The largest absolute Gasteiger partial charge is 0.476 e. The molecule has 1 unspecified atom stereocenters. The van der Waals surface area contributed by atoms with Gasteiger partial charge in [0.2, 0.25) is 0 Å². The zero-order valence-electron chi connectivity index (χ0n) is 11.8. The number of carboxylic acid groups (broad SMARTS) is 1. The summed E-state index contributed by atoms with van der Waals surface area (Å²) in [6.07, 6.45) is 5.28. The molecule has 0 radical (unpaired) electrons. The standard InChI is InChI=1S/C16H17N3O2/c1-10(12-3-2-4-13(7-12)11-5-6-11)19-15-9-17-14(8-18-15)16(20)21/h2-4,7-11H,5-6H2,1H3,(H,18,19)(H,20,21). The Morgan fingerprint density at radius 2 is 2.14 bits per heavy atom. The van der Waals surface area contributed by atoms with Crippen LogP contribution >= 0.6 is 0 Å². The molecule has 1 aliphatic rings. The van der Waals surface area contributed by atoms with Crippen molar-refractivity contribution in [3.63, 3.8) is 0 Å². The third kappa shape index (κ3) is 3.18. The van der Waals surface area contributed by atoms with Crippen LogP contribution in [0.15, 0.2) is 36.7 Å². The summed E-state index contributed by atoms with van der Waals surface area (Å²) in [5.41, 5.74) is 2.54. The maximum atomic E-state index is 10.7. The minimum absolute atomic E-state index is 0.0519. The van der Waals surface area contributed by atoms with Gasteiger partial charge in [-0.25, -0.2) is 14.8 Å². The second kappa shape index (κ2) is 5.52. The summed E-state index contributed by atoms with van der Waals surface area (Å²) in [6.45, 7) is 2.05. The molecule has 1 fully saturated rings. The lowest BCUT2D eigenvalue weighted by molar-refractivity contribution is 0.0690. The number of aromatic carboxylic acids is 1. The number of hydrogen-bond donors (Lipinski definition) is 2. The number of hydrogen-bond acceptors (Lipinski definition) is 4. The second-order valence-corrected chi connectivity index (χ2v) is 5.40. The van der Waals surface area contributed by atoms with Crippen molar-refractivity contribution in [3.05, 3.63) is 53.5 Å². The van der Waals surface area contributed by atoms with E-state index < -0.39 is 5.97 Å². The summed E-state index contributed by atoms with van der Waals surface area (Å²) in [6, 6.07) is 8.67. The quantitative estimate of drug-likeness (QED) is 0.881. The van der Waals surface area contributed by atoms with Gasteiger partial charge in [-0.1, -0.05) is 24.3 Å². The lowest BCUT2D eigenvalue weighted by Gasteiger charge is -2.15. The molecule has 0 amide bonds. The van der Waals surface area contributed by atoms with Gasteiger partial charge in [0.05, 0.1) is 18.4 Å². The number of carboxylic acids is 1.